The van der Waals surface area contributed by atoms with Crippen LogP contribution in [0.4, 0.5) is 5.69 Å². The molecule has 0 amide bonds. The molecule has 0 aromatic heterocycles. The van der Waals surface area contributed by atoms with Crippen molar-refractivity contribution in [2.24, 2.45) is 11.8 Å². The van der Waals surface area contributed by atoms with Crippen molar-refractivity contribution in [3.8, 4) is 5.75 Å². The standard InChI is InChI=1S/C17H27NO/c1-12(2)9-14-5-4-6-15(10-14)18-16-8-7-13(3)17(19)11-16/h7-8,11-12,14-15,18-19H,4-6,9-10H2,1-3H3. The van der Waals surface area contributed by atoms with Crippen LogP contribution in [-0.2, 0) is 0 Å². The second-order valence-electron chi connectivity index (χ2n) is 6.50. The number of hydrogen-bond donors (Lipinski definition) is 2. The molecule has 0 bridgehead atoms. The Morgan fingerprint density at radius 1 is 1.32 bits per heavy atom. The number of phenols is 1. The number of benzene rings is 1. The number of hydrogen-bond acceptors (Lipinski definition) is 2. The van der Waals surface area contributed by atoms with Gasteiger partial charge in [0.05, 0.1) is 0 Å². The van der Waals surface area contributed by atoms with Crippen molar-refractivity contribution < 1.29 is 5.11 Å². The van der Waals surface area contributed by atoms with Crippen molar-refractivity contribution in [3.63, 3.8) is 0 Å². The first-order chi connectivity index (χ1) is 9.04. The van der Waals surface area contributed by atoms with Gasteiger partial charge >= 0.3 is 0 Å². The SMILES string of the molecule is Cc1ccc(NC2CCCC(CC(C)C)C2)cc1O. The number of aryl methyl sites for hydroxylation is 1. The summed E-state index contributed by atoms with van der Waals surface area (Å²) in [5.41, 5.74) is 1.99. The molecule has 2 atom stereocenters. The van der Waals surface area contributed by atoms with Crippen LogP contribution in [0, 0.1) is 18.8 Å². The summed E-state index contributed by atoms with van der Waals surface area (Å²) in [4.78, 5) is 0. The molecule has 2 nitrogen and oxygen atoms in total. The van der Waals surface area contributed by atoms with Gasteiger partial charge < -0.3 is 10.4 Å². The number of nitrogens with one attached hydrogen (secondary N) is 1. The van der Waals surface area contributed by atoms with E-state index in [2.05, 4.69) is 25.2 Å². The Bertz CT molecular complexity index is 414. The summed E-state index contributed by atoms with van der Waals surface area (Å²) in [6.45, 7) is 6.56. The van der Waals surface area contributed by atoms with Crippen LogP contribution in [0.1, 0.15) is 51.5 Å². The van der Waals surface area contributed by atoms with Crippen molar-refractivity contribution in [1.82, 2.24) is 0 Å². The molecule has 19 heavy (non-hydrogen) atoms. The molecule has 2 rings (SSSR count). The van der Waals surface area contributed by atoms with Gasteiger partial charge in [-0.1, -0.05) is 32.8 Å². The van der Waals surface area contributed by atoms with E-state index in [1.807, 2.05) is 19.1 Å². The fourth-order valence-electron chi connectivity index (χ4n) is 3.24. The number of anilines is 1. The van der Waals surface area contributed by atoms with Gasteiger partial charge in [-0.05, 0) is 49.7 Å². The molecule has 2 heteroatoms. The highest BCUT2D eigenvalue weighted by molar-refractivity contribution is 5.51. The lowest BCUT2D eigenvalue weighted by Gasteiger charge is -2.31. The lowest BCUT2D eigenvalue weighted by molar-refractivity contribution is 0.289. The summed E-state index contributed by atoms with van der Waals surface area (Å²) in [7, 11) is 0. The lowest BCUT2D eigenvalue weighted by atomic mass is 9.81. The van der Waals surface area contributed by atoms with Gasteiger partial charge in [0.15, 0.2) is 0 Å². The Morgan fingerprint density at radius 2 is 2.11 bits per heavy atom. The minimum absolute atomic E-state index is 0.388. The Balaban J connectivity index is 1.92. The minimum atomic E-state index is 0.388. The maximum absolute atomic E-state index is 9.76. The molecule has 0 saturated heterocycles. The Morgan fingerprint density at radius 3 is 2.79 bits per heavy atom. The van der Waals surface area contributed by atoms with Crippen molar-refractivity contribution >= 4 is 5.69 Å². The number of aromatic hydroxyl groups is 1. The van der Waals surface area contributed by atoms with E-state index >= 15 is 0 Å². The molecule has 1 aliphatic rings. The molecule has 0 aliphatic heterocycles. The van der Waals surface area contributed by atoms with Crippen LogP contribution in [0.3, 0.4) is 0 Å². The largest absolute Gasteiger partial charge is 0.508 e. The molecule has 1 aromatic carbocycles. The molecule has 0 spiro atoms. The Hall–Kier alpha value is -1.18. The predicted octanol–water partition coefficient (Wildman–Crippen LogP) is 4.72. The second kappa shape index (κ2) is 6.31. The van der Waals surface area contributed by atoms with Crippen LogP contribution in [0.25, 0.3) is 0 Å². The third-order valence-corrected chi connectivity index (χ3v) is 4.17. The van der Waals surface area contributed by atoms with Crippen molar-refractivity contribution in [1.29, 1.82) is 0 Å². The van der Waals surface area contributed by atoms with Gasteiger partial charge in [0, 0.05) is 17.8 Å². The average Bonchev–Trinajstić information content (AvgIpc) is 2.33. The first-order valence-electron chi connectivity index (χ1n) is 7.60. The van der Waals surface area contributed by atoms with Crippen molar-refractivity contribution in [3.05, 3.63) is 23.8 Å². The number of rotatable bonds is 4. The minimum Gasteiger partial charge on any atom is -0.508 e. The quantitative estimate of drug-likeness (QED) is 0.822. The van der Waals surface area contributed by atoms with Gasteiger partial charge in [0.25, 0.3) is 0 Å². The van der Waals surface area contributed by atoms with Gasteiger partial charge in [-0.2, -0.15) is 0 Å². The molecule has 106 valence electrons. The lowest BCUT2D eigenvalue weighted by Crippen LogP contribution is -2.27. The molecule has 2 unspecified atom stereocenters. The third kappa shape index (κ3) is 4.15. The van der Waals surface area contributed by atoms with Crippen molar-refractivity contribution in [2.75, 3.05) is 5.32 Å². The summed E-state index contributed by atoms with van der Waals surface area (Å²) in [5.74, 6) is 2.05. The van der Waals surface area contributed by atoms with E-state index in [0.29, 0.717) is 11.8 Å². The van der Waals surface area contributed by atoms with Crippen LogP contribution < -0.4 is 5.32 Å². The van der Waals surface area contributed by atoms with E-state index in [1.54, 1.807) is 0 Å². The highest BCUT2D eigenvalue weighted by Crippen LogP contribution is 2.31. The van der Waals surface area contributed by atoms with Gasteiger partial charge in [0.1, 0.15) is 5.75 Å². The summed E-state index contributed by atoms with van der Waals surface area (Å²) >= 11 is 0. The van der Waals surface area contributed by atoms with E-state index in [-0.39, 0.29) is 0 Å². The van der Waals surface area contributed by atoms with Gasteiger partial charge in [0.2, 0.25) is 0 Å². The van der Waals surface area contributed by atoms with Crippen LogP contribution >= 0.6 is 0 Å². The van der Waals surface area contributed by atoms with Crippen LogP contribution in [0.5, 0.6) is 5.75 Å². The van der Waals surface area contributed by atoms with Crippen LogP contribution in [0.2, 0.25) is 0 Å². The monoisotopic (exact) mass is 261 g/mol. The molecule has 1 fully saturated rings. The van der Waals surface area contributed by atoms with Gasteiger partial charge in [-0.15, -0.1) is 0 Å². The highest BCUT2D eigenvalue weighted by Gasteiger charge is 2.22. The summed E-state index contributed by atoms with van der Waals surface area (Å²) in [6.07, 6.45) is 6.58. The number of phenolic OH excluding ortho intramolecular Hbond substituents is 1. The van der Waals surface area contributed by atoms with Crippen molar-refractivity contribution in [2.45, 2.75) is 58.9 Å². The molecule has 0 radical (unpaired) electrons. The maximum Gasteiger partial charge on any atom is 0.120 e. The normalized spacial score (nSPS) is 23.6. The van der Waals surface area contributed by atoms with E-state index in [9.17, 15) is 5.11 Å². The third-order valence-electron chi connectivity index (χ3n) is 4.17. The van der Waals surface area contributed by atoms with Gasteiger partial charge in [-0.3, -0.25) is 0 Å². The summed E-state index contributed by atoms with van der Waals surface area (Å²) < 4.78 is 0. The molecule has 1 saturated carbocycles. The highest BCUT2D eigenvalue weighted by atomic mass is 16.3. The van der Waals surface area contributed by atoms with Gasteiger partial charge in [-0.25, -0.2) is 0 Å². The zero-order valence-electron chi connectivity index (χ0n) is 12.4. The zero-order valence-corrected chi connectivity index (χ0v) is 12.4. The molecule has 2 N–H and O–H groups in total. The Labute approximate surface area is 117 Å². The molecule has 1 aliphatic carbocycles. The topological polar surface area (TPSA) is 32.3 Å². The fraction of sp³-hybridized carbons (Fsp3) is 0.647. The predicted molar refractivity (Wildman–Crippen MR) is 81.7 cm³/mol. The van der Waals surface area contributed by atoms with E-state index in [1.165, 1.54) is 32.1 Å². The van der Waals surface area contributed by atoms with Crippen LogP contribution in [-0.4, -0.2) is 11.1 Å². The van der Waals surface area contributed by atoms with E-state index in [0.717, 1.165) is 23.1 Å². The zero-order chi connectivity index (χ0) is 13.8. The maximum atomic E-state index is 9.76. The first-order valence-corrected chi connectivity index (χ1v) is 7.60. The summed E-state index contributed by atoms with van der Waals surface area (Å²) in [5, 5.41) is 13.4. The molecular formula is C17H27NO. The van der Waals surface area contributed by atoms with E-state index < -0.39 is 0 Å². The summed E-state index contributed by atoms with van der Waals surface area (Å²) in [6, 6.07) is 6.47. The van der Waals surface area contributed by atoms with E-state index in [4.69, 9.17) is 0 Å². The fourth-order valence-corrected chi connectivity index (χ4v) is 3.24. The first kappa shape index (κ1) is 14.2. The second-order valence-corrected chi connectivity index (χ2v) is 6.50. The molecular weight excluding hydrogens is 234 g/mol. The average molecular weight is 261 g/mol. The molecule has 0 heterocycles. The van der Waals surface area contributed by atoms with Crippen LogP contribution in [0.15, 0.2) is 18.2 Å². The smallest absolute Gasteiger partial charge is 0.120 e. The Kier molecular flexibility index (Phi) is 4.73. The molecule has 1 aromatic rings.